The lowest BCUT2D eigenvalue weighted by Crippen LogP contribution is -2.41. The Morgan fingerprint density at radius 1 is 1.38 bits per heavy atom. The van der Waals surface area contributed by atoms with Gasteiger partial charge in [0.25, 0.3) is 0 Å². The summed E-state index contributed by atoms with van der Waals surface area (Å²) in [6.45, 7) is 2.25. The van der Waals surface area contributed by atoms with Gasteiger partial charge < -0.3 is 10.5 Å². The summed E-state index contributed by atoms with van der Waals surface area (Å²) in [5, 5.41) is 0. The van der Waals surface area contributed by atoms with Gasteiger partial charge in [0, 0.05) is 32.1 Å². The van der Waals surface area contributed by atoms with Crippen molar-refractivity contribution >= 4 is 22.4 Å². The molecular formula is C13H22ClN3O3S. The second kappa shape index (κ2) is 8.65. The molecule has 120 valence electrons. The first-order valence-corrected chi connectivity index (χ1v) is 8.30. The summed E-state index contributed by atoms with van der Waals surface area (Å²) in [6, 6.07) is 3.21. The van der Waals surface area contributed by atoms with Crippen molar-refractivity contribution in [3.8, 4) is 0 Å². The number of hydrogen-bond donors (Lipinski definition) is 1. The van der Waals surface area contributed by atoms with Crippen LogP contribution in [-0.4, -0.2) is 50.1 Å². The molecule has 2 heterocycles. The van der Waals surface area contributed by atoms with Gasteiger partial charge in [-0.25, -0.2) is 8.42 Å². The fourth-order valence-electron chi connectivity index (χ4n) is 2.22. The van der Waals surface area contributed by atoms with E-state index in [1.54, 1.807) is 18.3 Å². The Hall–Kier alpha value is -0.730. The molecule has 0 atom stereocenters. The first-order chi connectivity index (χ1) is 9.64. The van der Waals surface area contributed by atoms with Crippen LogP contribution in [0.2, 0.25) is 0 Å². The minimum absolute atomic E-state index is 0. The van der Waals surface area contributed by atoms with E-state index in [9.17, 15) is 8.42 Å². The number of piperidine rings is 1. The summed E-state index contributed by atoms with van der Waals surface area (Å²) in [7, 11) is -3.42. The van der Waals surface area contributed by atoms with Crippen molar-refractivity contribution in [1.82, 2.24) is 9.29 Å². The van der Waals surface area contributed by atoms with Crippen LogP contribution >= 0.6 is 12.4 Å². The lowest BCUT2D eigenvalue weighted by molar-refractivity contribution is 0.0209. The topological polar surface area (TPSA) is 85.5 Å². The lowest BCUT2D eigenvalue weighted by atomic mass is 10.1. The molecule has 1 aliphatic heterocycles. The van der Waals surface area contributed by atoms with Crippen LogP contribution in [0.5, 0.6) is 0 Å². The molecule has 1 fully saturated rings. The van der Waals surface area contributed by atoms with Gasteiger partial charge in [-0.1, -0.05) is 0 Å². The highest BCUT2D eigenvalue weighted by Gasteiger charge is 2.29. The van der Waals surface area contributed by atoms with E-state index in [-0.39, 0.29) is 23.4 Å². The van der Waals surface area contributed by atoms with Gasteiger partial charge in [-0.3, -0.25) is 4.98 Å². The highest BCUT2D eigenvalue weighted by atomic mass is 35.5. The van der Waals surface area contributed by atoms with Crippen LogP contribution in [-0.2, 0) is 14.8 Å². The summed E-state index contributed by atoms with van der Waals surface area (Å²) in [5.74, 6) is 0. The Morgan fingerprint density at radius 3 is 2.67 bits per heavy atom. The molecular weight excluding hydrogens is 314 g/mol. The molecule has 1 saturated heterocycles. The predicted molar refractivity (Wildman–Crippen MR) is 82.9 cm³/mol. The number of pyridine rings is 1. The monoisotopic (exact) mass is 335 g/mol. The third kappa shape index (κ3) is 4.89. The fraction of sp³-hybridized carbons (Fsp3) is 0.615. The van der Waals surface area contributed by atoms with Gasteiger partial charge in [0.05, 0.1) is 6.10 Å². The Labute approximate surface area is 132 Å². The number of aromatic nitrogens is 1. The Kier molecular flexibility index (Phi) is 7.55. The average molecular weight is 336 g/mol. The summed E-state index contributed by atoms with van der Waals surface area (Å²) in [6.07, 6.45) is 5.39. The highest BCUT2D eigenvalue weighted by Crippen LogP contribution is 2.21. The maximum absolute atomic E-state index is 12.4. The van der Waals surface area contributed by atoms with Crippen molar-refractivity contribution in [2.45, 2.75) is 30.3 Å². The first kappa shape index (κ1) is 18.3. The van der Waals surface area contributed by atoms with Gasteiger partial charge in [0.2, 0.25) is 10.0 Å². The van der Waals surface area contributed by atoms with E-state index in [2.05, 4.69) is 4.98 Å². The van der Waals surface area contributed by atoms with Crippen molar-refractivity contribution in [2.24, 2.45) is 5.73 Å². The summed E-state index contributed by atoms with van der Waals surface area (Å²) < 4.78 is 31.9. The fourth-order valence-corrected chi connectivity index (χ4v) is 3.66. The van der Waals surface area contributed by atoms with E-state index in [0.717, 1.165) is 19.3 Å². The maximum Gasteiger partial charge on any atom is 0.244 e. The van der Waals surface area contributed by atoms with Crippen LogP contribution in [0.15, 0.2) is 29.4 Å². The number of nitrogens with zero attached hydrogens (tertiary/aromatic N) is 2. The van der Waals surface area contributed by atoms with E-state index in [4.69, 9.17) is 10.5 Å². The number of halogens is 1. The molecule has 0 amide bonds. The molecule has 0 unspecified atom stereocenters. The van der Waals surface area contributed by atoms with Crippen LogP contribution in [0.3, 0.4) is 0 Å². The molecule has 21 heavy (non-hydrogen) atoms. The normalized spacial score (nSPS) is 17.4. The van der Waals surface area contributed by atoms with E-state index in [1.807, 2.05) is 0 Å². The number of nitrogens with two attached hydrogens (primary N) is 1. The molecule has 1 aromatic heterocycles. The molecule has 0 bridgehead atoms. The standard InChI is InChI=1S/C13H21N3O3S.ClH/c14-6-2-10-19-12-4-8-16(9-5-12)20(17,18)13-3-1-7-15-11-13;/h1,3,7,11-12H,2,4-6,8-10,14H2;1H. The van der Waals surface area contributed by atoms with Crippen LogP contribution in [0.1, 0.15) is 19.3 Å². The molecule has 6 nitrogen and oxygen atoms in total. The number of sulfonamides is 1. The Balaban J connectivity index is 0.00000220. The van der Waals surface area contributed by atoms with Crippen molar-refractivity contribution in [3.05, 3.63) is 24.5 Å². The molecule has 0 saturated carbocycles. The largest absolute Gasteiger partial charge is 0.378 e. The zero-order chi connectivity index (χ0) is 14.4. The number of ether oxygens (including phenoxy) is 1. The van der Waals surface area contributed by atoms with Crippen LogP contribution in [0.4, 0.5) is 0 Å². The van der Waals surface area contributed by atoms with E-state index >= 15 is 0 Å². The Bertz CT molecular complexity index is 505. The second-order valence-electron chi connectivity index (χ2n) is 4.81. The minimum atomic E-state index is -3.42. The molecule has 1 aliphatic rings. The SMILES string of the molecule is Cl.NCCCOC1CCN(S(=O)(=O)c2cccnc2)CC1. The molecule has 0 aliphatic carbocycles. The quantitative estimate of drug-likeness (QED) is 0.784. The minimum Gasteiger partial charge on any atom is -0.378 e. The van der Waals surface area contributed by atoms with Crippen LogP contribution in [0, 0.1) is 0 Å². The van der Waals surface area contributed by atoms with Crippen molar-refractivity contribution in [1.29, 1.82) is 0 Å². The molecule has 0 aromatic carbocycles. The van der Waals surface area contributed by atoms with Gasteiger partial charge in [0.15, 0.2) is 0 Å². The van der Waals surface area contributed by atoms with Gasteiger partial charge in [-0.2, -0.15) is 4.31 Å². The third-order valence-electron chi connectivity index (χ3n) is 3.38. The number of rotatable bonds is 6. The smallest absolute Gasteiger partial charge is 0.244 e. The van der Waals surface area contributed by atoms with Gasteiger partial charge >= 0.3 is 0 Å². The molecule has 0 radical (unpaired) electrons. The first-order valence-electron chi connectivity index (χ1n) is 6.86. The molecule has 1 aromatic rings. The van der Waals surface area contributed by atoms with Gasteiger partial charge in [-0.15, -0.1) is 12.4 Å². The summed E-state index contributed by atoms with van der Waals surface area (Å²) >= 11 is 0. The maximum atomic E-state index is 12.4. The van der Waals surface area contributed by atoms with E-state index in [0.29, 0.717) is 26.2 Å². The number of hydrogen-bond acceptors (Lipinski definition) is 5. The zero-order valence-electron chi connectivity index (χ0n) is 11.8. The van der Waals surface area contributed by atoms with E-state index in [1.165, 1.54) is 10.5 Å². The van der Waals surface area contributed by atoms with Crippen molar-refractivity contribution in [3.63, 3.8) is 0 Å². The van der Waals surface area contributed by atoms with Crippen molar-refractivity contribution in [2.75, 3.05) is 26.2 Å². The predicted octanol–water partition coefficient (Wildman–Crippen LogP) is 1.02. The summed E-state index contributed by atoms with van der Waals surface area (Å²) in [4.78, 5) is 4.12. The molecule has 2 rings (SSSR count). The van der Waals surface area contributed by atoms with Gasteiger partial charge in [0.1, 0.15) is 4.90 Å². The Morgan fingerprint density at radius 2 is 2.10 bits per heavy atom. The third-order valence-corrected chi connectivity index (χ3v) is 5.26. The lowest BCUT2D eigenvalue weighted by Gasteiger charge is -2.31. The highest BCUT2D eigenvalue weighted by molar-refractivity contribution is 7.89. The van der Waals surface area contributed by atoms with Gasteiger partial charge in [-0.05, 0) is 37.9 Å². The zero-order valence-corrected chi connectivity index (χ0v) is 13.5. The average Bonchev–Trinajstić information content (AvgIpc) is 2.49. The summed E-state index contributed by atoms with van der Waals surface area (Å²) in [5.41, 5.74) is 5.41. The van der Waals surface area contributed by atoms with Crippen molar-refractivity contribution < 1.29 is 13.2 Å². The molecule has 2 N–H and O–H groups in total. The van der Waals surface area contributed by atoms with Crippen LogP contribution < -0.4 is 5.73 Å². The van der Waals surface area contributed by atoms with E-state index < -0.39 is 10.0 Å². The molecule has 8 heteroatoms. The molecule has 0 spiro atoms. The van der Waals surface area contributed by atoms with Crippen LogP contribution in [0.25, 0.3) is 0 Å². The second-order valence-corrected chi connectivity index (χ2v) is 6.74.